The molecule has 0 bridgehead atoms. The third kappa shape index (κ3) is 8.60. The Morgan fingerprint density at radius 2 is 1.86 bits per heavy atom. The number of nitrogens with one attached hydrogen (secondary N) is 1. The van der Waals surface area contributed by atoms with Crippen molar-refractivity contribution in [3.63, 3.8) is 0 Å². The van der Waals surface area contributed by atoms with Gasteiger partial charge in [0.15, 0.2) is 0 Å². The Kier molecular flexibility index (Phi) is 8.53. The van der Waals surface area contributed by atoms with Gasteiger partial charge in [0.05, 0.1) is 0 Å². The van der Waals surface area contributed by atoms with Crippen molar-refractivity contribution in [3.8, 4) is 0 Å². The van der Waals surface area contributed by atoms with Crippen molar-refractivity contribution in [2.45, 2.75) is 59.0 Å². The topological polar surface area (TPSA) is 18.5 Å². The summed E-state index contributed by atoms with van der Waals surface area (Å²) in [4.78, 5) is 4.89. The summed E-state index contributed by atoms with van der Waals surface area (Å²) in [6, 6.07) is 1.34. The van der Waals surface area contributed by atoms with Crippen LogP contribution in [0.15, 0.2) is 11.6 Å². The summed E-state index contributed by atoms with van der Waals surface area (Å²) in [5.74, 6) is 0.764. The van der Waals surface area contributed by atoms with Crippen molar-refractivity contribution in [3.05, 3.63) is 11.6 Å². The van der Waals surface area contributed by atoms with E-state index in [2.05, 4.69) is 63.0 Å². The summed E-state index contributed by atoms with van der Waals surface area (Å²) in [6.07, 6.45) is 6.20. The number of rotatable bonds is 8. The van der Waals surface area contributed by atoms with E-state index >= 15 is 0 Å². The molecule has 1 saturated heterocycles. The van der Waals surface area contributed by atoms with Crippen LogP contribution < -0.4 is 5.32 Å². The molecule has 0 spiro atoms. The molecule has 0 amide bonds. The molecular formula is C18H37N3. The van der Waals surface area contributed by atoms with Crippen molar-refractivity contribution < 1.29 is 0 Å². The summed E-state index contributed by atoms with van der Waals surface area (Å²) in [5, 5.41) is 3.92. The number of piperidine rings is 1. The second kappa shape index (κ2) is 9.60. The van der Waals surface area contributed by atoms with Crippen LogP contribution in [0.5, 0.6) is 0 Å². The molecule has 0 aromatic rings. The molecule has 1 heterocycles. The van der Waals surface area contributed by atoms with Crippen LogP contribution in [0, 0.1) is 5.92 Å². The number of hydrogen-bond donors (Lipinski definition) is 1. The zero-order valence-corrected chi connectivity index (χ0v) is 15.2. The highest BCUT2D eigenvalue weighted by Gasteiger charge is 2.22. The lowest BCUT2D eigenvalue weighted by Gasteiger charge is -2.35. The van der Waals surface area contributed by atoms with E-state index < -0.39 is 0 Å². The van der Waals surface area contributed by atoms with Gasteiger partial charge >= 0.3 is 0 Å². The highest BCUT2D eigenvalue weighted by atomic mass is 15.2. The van der Waals surface area contributed by atoms with Crippen LogP contribution in [-0.4, -0.2) is 62.2 Å². The van der Waals surface area contributed by atoms with Gasteiger partial charge in [0.2, 0.25) is 0 Å². The summed E-state index contributed by atoms with van der Waals surface area (Å²) < 4.78 is 0. The highest BCUT2D eigenvalue weighted by molar-refractivity contribution is 4.95. The molecule has 0 radical (unpaired) electrons. The molecule has 0 aliphatic carbocycles. The van der Waals surface area contributed by atoms with E-state index in [0.29, 0.717) is 12.1 Å². The van der Waals surface area contributed by atoms with Crippen molar-refractivity contribution in [2.75, 3.05) is 40.3 Å². The van der Waals surface area contributed by atoms with Gasteiger partial charge in [-0.25, -0.2) is 0 Å². The standard InChI is InChI=1S/C18H37N3/c1-15(2)7-10-21-11-8-17(9-12-21)19-18(13-16(3)4)14-20(5)6/h7,16-19H,8-14H2,1-6H3. The van der Waals surface area contributed by atoms with E-state index in [9.17, 15) is 0 Å². The molecule has 3 nitrogen and oxygen atoms in total. The molecule has 0 saturated carbocycles. The quantitative estimate of drug-likeness (QED) is 0.695. The molecule has 1 unspecified atom stereocenters. The largest absolute Gasteiger partial charge is 0.310 e. The Balaban J connectivity index is 2.36. The van der Waals surface area contributed by atoms with Crippen LogP contribution in [0.4, 0.5) is 0 Å². The van der Waals surface area contributed by atoms with Gasteiger partial charge in [0.25, 0.3) is 0 Å². The van der Waals surface area contributed by atoms with Crippen molar-refractivity contribution >= 4 is 0 Å². The SMILES string of the molecule is CC(C)=CCN1CCC(NC(CC(C)C)CN(C)C)CC1. The molecular weight excluding hydrogens is 258 g/mol. The highest BCUT2D eigenvalue weighted by Crippen LogP contribution is 2.14. The molecule has 1 fully saturated rings. The number of nitrogens with zero attached hydrogens (tertiary/aromatic N) is 2. The van der Waals surface area contributed by atoms with Gasteiger partial charge in [-0.1, -0.05) is 25.5 Å². The fourth-order valence-corrected chi connectivity index (χ4v) is 3.13. The van der Waals surface area contributed by atoms with Gasteiger partial charge in [-0.2, -0.15) is 0 Å². The first-order chi connectivity index (χ1) is 9.86. The summed E-state index contributed by atoms with van der Waals surface area (Å²) in [5.41, 5.74) is 1.43. The summed E-state index contributed by atoms with van der Waals surface area (Å²) in [7, 11) is 4.36. The van der Waals surface area contributed by atoms with Crippen LogP contribution in [0.2, 0.25) is 0 Å². The van der Waals surface area contributed by atoms with Gasteiger partial charge in [0, 0.05) is 25.2 Å². The Bertz CT molecular complexity index is 288. The smallest absolute Gasteiger partial charge is 0.0199 e. The number of allylic oxidation sites excluding steroid dienone is 1. The van der Waals surface area contributed by atoms with Gasteiger partial charge in [-0.05, 0) is 66.2 Å². The Morgan fingerprint density at radius 3 is 2.33 bits per heavy atom. The van der Waals surface area contributed by atoms with Gasteiger partial charge in [0.1, 0.15) is 0 Å². The van der Waals surface area contributed by atoms with E-state index in [1.54, 1.807) is 0 Å². The molecule has 21 heavy (non-hydrogen) atoms. The maximum absolute atomic E-state index is 3.92. The van der Waals surface area contributed by atoms with Gasteiger partial charge < -0.3 is 10.2 Å². The van der Waals surface area contributed by atoms with Gasteiger partial charge in [-0.15, -0.1) is 0 Å². The summed E-state index contributed by atoms with van der Waals surface area (Å²) in [6.45, 7) is 13.8. The first-order valence-corrected chi connectivity index (χ1v) is 8.63. The fourth-order valence-electron chi connectivity index (χ4n) is 3.13. The Hall–Kier alpha value is -0.380. The molecule has 0 aromatic heterocycles. The van der Waals surface area contributed by atoms with Crippen LogP contribution in [0.3, 0.4) is 0 Å². The maximum atomic E-state index is 3.92. The van der Waals surface area contributed by atoms with E-state index in [-0.39, 0.29) is 0 Å². The predicted molar refractivity (Wildman–Crippen MR) is 93.8 cm³/mol. The molecule has 3 heteroatoms. The normalized spacial score (nSPS) is 19.2. The third-order valence-corrected chi connectivity index (χ3v) is 4.16. The average molecular weight is 296 g/mol. The van der Waals surface area contributed by atoms with Crippen LogP contribution in [0.25, 0.3) is 0 Å². The number of likely N-dealkylation sites (tertiary alicyclic amines) is 1. The monoisotopic (exact) mass is 295 g/mol. The van der Waals surface area contributed by atoms with Crippen molar-refractivity contribution in [2.24, 2.45) is 5.92 Å². The zero-order valence-electron chi connectivity index (χ0n) is 15.2. The molecule has 1 aliphatic rings. The molecule has 1 N–H and O–H groups in total. The molecule has 0 aromatic carbocycles. The fraction of sp³-hybridized carbons (Fsp3) is 0.889. The van der Waals surface area contributed by atoms with Crippen molar-refractivity contribution in [1.82, 2.24) is 15.1 Å². The zero-order chi connectivity index (χ0) is 15.8. The first-order valence-electron chi connectivity index (χ1n) is 8.63. The third-order valence-electron chi connectivity index (χ3n) is 4.16. The summed E-state index contributed by atoms with van der Waals surface area (Å²) >= 11 is 0. The van der Waals surface area contributed by atoms with Crippen LogP contribution in [-0.2, 0) is 0 Å². The lowest BCUT2D eigenvalue weighted by Crippen LogP contribution is -2.49. The second-order valence-corrected chi connectivity index (χ2v) is 7.61. The van der Waals surface area contributed by atoms with Crippen molar-refractivity contribution in [1.29, 1.82) is 0 Å². The van der Waals surface area contributed by atoms with E-state index in [1.807, 2.05) is 0 Å². The minimum absolute atomic E-state index is 0.634. The minimum Gasteiger partial charge on any atom is -0.310 e. The van der Waals surface area contributed by atoms with Crippen LogP contribution in [0.1, 0.15) is 47.0 Å². The maximum Gasteiger partial charge on any atom is 0.0199 e. The van der Waals surface area contributed by atoms with E-state index in [0.717, 1.165) is 19.0 Å². The molecule has 124 valence electrons. The lowest BCUT2D eigenvalue weighted by atomic mass is 9.99. The first kappa shape index (κ1) is 18.7. The van der Waals surface area contributed by atoms with Gasteiger partial charge in [-0.3, -0.25) is 4.90 Å². The Morgan fingerprint density at radius 1 is 1.24 bits per heavy atom. The van der Waals surface area contributed by atoms with E-state index in [4.69, 9.17) is 0 Å². The Labute approximate surface area is 132 Å². The molecule has 1 rings (SSSR count). The minimum atomic E-state index is 0.634. The van der Waals surface area contributed by atoms with E-state index in [1.165, 1.54) is 37.9 Å². The number of likely N-dealkylation sites (N-methyl/N-ethyl adjacent to an activating group) is 1. The average Bonchev–Trinajstić information content (AvgIpc) is 2.36. The number of hydrogen-bond acceptors (Lipinski definition) is 3. The van der Waals surface area contributed by atoms with Crippen LogP contribution >= 0.6 is 0 Å². The second-order valence-electron chi connectivity index (χ2n) is 7.61. The lowest BCUT2D eigenvalue weighted by molar-refractivity contribution is 0.192. The predicted octanol–water partition coefficient (Wildman–Crippen LogP) is 2.98. The molecule has 1 aliphatic heterocycles. The molecule has 1 atom stereocenters.